The Hall–Kier alpha value is -2.67. The van der Waals surface area contributed by atoms with Crippen molar-refractivity contribution in [2.45, 2.75) is 58.3 Å². The highest BCUT2D eigenvalue weighted by Crippen LogP contribution is 2.40. The molecule has 2 aromatic carbocycles. The number of hydrogen-bond acceptors (Lipinski definition) is 4. The third-order valence-electron chi connectivity index (χ3n) is 6.63. The number of halogens is 1. The normalized spacial score (nSPS) is 19.8. The fourth-order valence-corrected chi connectivity index (χ4v) is 5.17. The summed E-state index contributed by atoms with van der Waals surface area (Å²) in [5.74, 6) is 0.0921. The molecule has 0 bridgehead atoms. The van der Waals surface area contributed by atoms with Gasteiger partial charge in [0.25, 0.3) is 0 Å². The van der Waals surface area contributed by atoms with Crippen LogP contribution in [0.4, 0.5) is 0 Å². The number of aromatic hydroxyl groups is 1. The number of nitrogens with zero attached hydrogens (tertiary/aromatic N) is 2. The highest BCUT2D eigenvalue weighted by atomic mass is 79.9. The number of amides is 1. The molecule has 0 aromatic heterocycles. The first-order chi connectivity index (χ1) is 16.3. The van der Waals surface area contributed by atoms with Crippen LogP contribution in [-0.2, 0) is 15.6 Å². The Balaban J connectivity index is 2.01. The summed E-state index contributed by atoms with van der Waals surface area (Å²) >= 11 is 3.25. The van der Waals surface area contributed by atoms with Gasteiger partial charge in [0.15, 0.2) is 5.78 Å². The van der Waals surface area contributed by atoms with Gasteiger partial charge in [-0.15, -0.1) is 0 Å². The summed E-state index contributed by atoms with van der Waals surface area (Å²) in [6.07, 6.45) is 0. The number of Topliss-reactive ketones (excluding diaryl/α,β-unsaturated/α-hetero) is 1. The zero-order chi connectivity index (χ0) is 26.1. The molecule has 7 heteroatoms. The number of rotatable bonds is 5. The summed E-state index contributed by atoms with van der Waals surface area (Å²) in [5, 5.41) is 13.8. The van der Waals surface area contributed by atoms with Crippen LogP contribution in [0.15, 0.2) is 46.5 Å². The molecule has 188 valence electrons. The Bertz CT molecular complexity index is 1100. The molecule has 1 aliphatic heterocycles. The fraction of sp³-hybridized carbons (Fsp3) is 0.464. The van der Waals surface area contributed by atoms with Crippen molar-refractivity contribution in [3.8, 4) is 5.75 Å². The van der Waals surface area contributed by atoms with Gasteiger partial charge in [0.1, 0.15) is 11.6 Å². The number of nitrogens with one attached hydrogen (secondary N) is 1. The van der Waals surface area contributed by atoms with E-state index in [1.54, 1.807) is 19.2 Å². The number of ketones is 1. The largest absolute Gasteiger partial charge is 0.507 e. The molecule has 6 nitrogen and oxygen atoms in total. The molecule has 0 saturated carbocycles. The van der Waals surface area contributed by atoms with Crippen LogP contribution in [0, 0.1) is 5.92 Å². The summed E-state index contributed by atoms with van der Waals surface area (Å²) in [6.45, 7) is 12.6. The van der Waals surface area contributed by atoms with Crippen LogP contribution < -0.4 is 5.32 Å². The third-order valence-corrected chi connectivity index (χ3v) is 7.00. The van der Waals surface area contributed by atoms with E-state index in [-0.39, 0.29) is 46.7 Å². The van der Waals surface area contributed by atoms with Gasteiger partial charge in [0.05, 0.1) is 34.5 Å². The fourth-order valence-electron chi connectivity index (χ4n) is 4.73. The Kier molecular flexibility index (Phi) is 7.80. The lowest BCUT2D eigenvalue weighted by atomic mass is 9.78. The van der Waals surface area contributed by atoms with Gasteiger partial charge in [0.2, 0.25) is 5.91 Å². The van der Waals surface area contributed by atoms with E-state index in [2.05, 4.69) is 25.5 Å². The molecule has 2 aromatic rings. The Morgan fingerprint density at radius 1 is 1.06 bits per heavy atom. The lowest BCUT2D eigenvalue weighted by molar-refractivity contribution is -0.124. The average Bonchev–Trinajstić information content (AvgIpc) is 3.15. The second kappa shape index (κ2) is 10.1. The van der Waals surface area contributed by atoms with Crippen LogP contribution in [0.5, 0.6) is 5.75 Å². The monoisotopic (exact) mass is 541 g/mol. The molecule has 1 saturated heterocycles. The molecule has 1 heterocycles. The number of carbonyl (C=O) groups excluding carboxylic acids is 2. The van der Waals surface area contributed by atoms with Gasteiger partial charge in [-0.05, 0) is 28.5 Å². The molecule has 1 amide bonds. The van der Waals surface area contributed by atoms with Crippen LogP contribution >= 0.6 is 16.1 Å². The molecule has 35 heavy (non-hydrogen) atoms. The highest BCUT2D eigenvalue weighted by Gasteiger charge is 2.43. The number of phenolic OH excluding ortho intramolecular Hbond substituents is 1. The summed E-state index contributed by atoms with van der Waals surface area (Å²) in [5.41, 5.74) is 2.34. The smallest absolute Gasteiger partial charge is 0.225 e. The van der Waals surface area contributed by atoms with E-state index in [1.165, 1.54) is 0 Å². The molecule has 1 aliphatic rings. The van der Waals surface area contributed by atoms with E-state index < -0.39 is 0 Å². The molecule has 2 atom stereocenters. The van der Waals surface area contributed by atoms with Gasteiger partial charge < -0.3 is 15.3 Å². The van der Waals surface area contributed by atoms with Crippen LogP contribution in [0.2, 0.25) is 0 Å². The van der Waals surface area contributed by atoms with Crippen molar-refractivity contribution in [2.24, 2.45) is 9.94 Å². The third kappa shape index (κ3) is 5.61. The Labute approximate surface area is 217 Å². The molecular formula is C28H36BrN3O3. The lowest BCUT2D eigenvalue weighted by Gasteiger charge is -2.28. The first-order valence-corrected chi connectivity index (χ1v) is 12.6. The summed E-state index contributed by atoms with van der Waals surface area (Å²) in [6, 6.07) is 13.4. The first-order valence-electron chi connectivity index (χ1n) is 11.9. The SMILES string of the molecule is CNC(=O)[C@H]1CN(CC(=O)c2cc(C(C)(C)C)c(O)c(C(C)(C)C)c2)/C(=N\Br)[C@@H]1c1ccccc1. The van der Waals surface area contributed by atoms with Gasteiger partial charge in [0, 0.05) is 30.3 Å². The molecule has 0 radical (unpaired) electrons. The number of likely N-dealkylation sites (tertiary alicyclic amines) is 1. The topological polar surface area (TPSA) is 82.0 Å². The number of hydrogen-bond donors (Lipinski definition) is 2. The number of benzene rings is 2. The second-order valence-corrected chi connectivity index (χ2v) is 11.6. The van der Waals surface area contributed by atoms with E-state index in [9.17, 15) is 14.7 Å². The second-order valence-electron chi connectivity index (χ2n) is 11.3. The predicted octanol–water partition coefficient (Wildman–Crippen LogP) is 5.34. The maximum absolute atomic E-state index is 13.6. The molecule has 1 fully saturated rings. The maximum Gasteiger partial charge on any atom is 0.225 e. The number of phenols is 1. The van der Waals surface area contributed by atoms with E-state index in [0.717, 1.165) is 16.7 Å². The van der Waals surface area contributed by atoms with Crippen LogP contribution in [-0.4, -0.2) is 47.7 Å². The summed E-state index contributed by atoms with van der Waals surface area (Å²) in [7, 11) is 1.63. The van der Waals surface area contributed by atoms with E-state index in [4.69, 9.17) is 0 Å². The van der Waals surface area contributed by atoms with Crippen LogP contribution in [0.25, 0.3) is 0 Å². The van der Waals surface area contributed by atoms with E-state index >= 15 is 0 Å². The standard InChI is InChI=1S/C28H36BrN3O3/c1-27(2,3)20-13-18(14-21(24(20)34)28(4,5)6)22(33)16-32-15-19(26(35)30-7)23(25(32)31-29)17-11-9-8-10-12-17/h8-14,19,23,34H,15-16H2,1-7H3,(H,30,35)/b31-25-/t19-,23+/m0/s1. The van der Waals surface area contributed by atoms with Crippen molar-refractivity contribution < 1.29 is 14.7 Å². The van der Waals surface area contributed by atoms with Crippen LogP contribution in [0.3, 0.4) is 0 Å². The van der Waals surface area contributed by atoms with Crippen molar-refractivity contribution >= 4 is 33.7 Å². The highest BCUT2D eigenvalue weighted by molar-refractivity contribution is 9.08. The van der Waals surface area contributed by atoms with Crippen molar-refractivity contribution in [2.75, 3.05) is 20.1 Å². The quantitative estimate of drug-likeness (QED) is 0.500. The zero-order valence-corrected chi connectivity index (χ0v) is 23.2. The van der Waals surface area contributed by atoms with Crippen molar-refractivity contribution in [3.05, 3.63) is 64.7 Å². The predicted molar refractivity (Wildman–Crippen MR) is 145 cm³/mol. The van der Waals surface area contributed by atoms with E-state index in [1.807, 2.05) is 76.8 Å². The first kappa shape index (κ1) is 26.9. The molecule has 2 N–H and O–H groups in total. The van der Waals surface area contributed by atoms with Crippen molar-refractivity contribution in [3.63, 3.8) is 0 Å². The minimum Gasteiger partial charge on any atom is -0.507 e. The Morgan fingerprint density at radius 3 is 2.06 bits per heavy atom. The number of amidine groups is 1. The molecule has 0 unspecified atom stereocenters. The van der Waals surface area contributed by atoms with Crippen LogP contribution in [0.1, 0.15) is 74.5 Å². The number of carbonyl (C=O) groups is 2. The Morgan fingerprint density at radius 2 is 1.60 bits per heavy atom. The van der Waals surface area contributed by atoms with Crippen molar-refractivity contribution in [1.29, 1.82) is 0 Å². The maximum atomic E-state index is 13.6. The summed E-state index contributed by atoms with van der Waals surface area (Å²) in [4.78, 5) is 28.3. The average molecular weight is 543 g/mol. The molecule has 0 spiro atoms. The minimum atomic E-state index is -0.374. The van der Waals surface area contributed by atoms with E-state index in [0.29, 0.717) is 17.9 Å². The van der Waals surface area contributed by atoms with Gasteiger partial charge in [-0.2, -0.15) is 4.02 Å². The zero-order valence-electron chi connectivity index (χ0n) is 21.6. The molecule has 3 rings (SSSR count). The molecular weight excluding hydrogens is 506 g/mol. The van der Waals surface area contributed by atoms with Crippen molar-refractivity contribution in [1.82, 2.24) is 10.2 Å². The van der Waals surface area contributed by atoms with Gasteiger partial charge >= 0.3 is 0 Å². The minimum absolute atomic E-state index is 0.0825. The van der Waals surface area contributed by atoms with Gasteiger partial charge in [-0.1, -0.05) is 71.9 Å². The van der Waals surface area contributed by atoms with Gasteiger partial charge in [-0.25, -0.2) is 0 Å². The molecule has 0 aliphatic carbocycles. The lowest BCUT2D eigenvalue weighted by Crippen LogP contribution is -2.34. The van der Waals surface area contributed by atoms with Gasteiger partial charge in [-0.3, -0.25) is 9.59 Å². The summed E-state index contributed by atoms with van der Waals surface area (Å²) < 4.78 is 4.35.